The van der Waals surface area contributed by atoms with Crippen LogP contribution in [0, 0.1) is 0 Å². The van der Waals surface area contributed by atoms with Gasteiger partial charge in [-0.05, 0) is 44.9 Å². The minimum atomic E-state index is -1.61. The molecule has 10 heteroatoms. The molecule has 1 aliphatic heterocycles. The molecule has 8 unspecified atom stereocenters. The summed E-state index contributed by atoms with van der Waals surface area (Å²) in [5, 5.41) is 64.8. The minimum Gasteiger partial charge on any atom is -0.394 e. The third-order valence-corrected chi connectivity index (χ3v) is 12.9. The third-order valence-electron chi connectivity index (χ3n) is 12.9. The zero-order valence-corrected chi connectivity index (χ0v) is 40.7. The molecule has 10 nitrogen and oxygen atoms in total. The number of amides is 1. The molecule has 0 bridgehead atoms. The normalized spacial score (nSPS) is 20.8. The molecule has 1 rings (SSSR count). The lowest BCUT2D eigenvalue weighted by molar-refractivity contribution is -0.302. The first-order valence-corrected chi connectivity index (χ1v) is 26.7. The van der Waals surface area contributed by atoms with Crippen molar-refractivity contribution in [2.24, 2.45) is 0 Å². The highest BCUT2D eigenvalue weighted by Crippen LogP contribution is 2.23. The number of aliphatic hydroxyl groups excluding tert-OH is 6. The van der Waals surface area contributed by atoms with E-state index < -0.39 is 61.5 Å². The Hall–Kier alpha value is -1.37. The van der Waals surface area contributed by atoms with E-state index in [0.717, 1.165) is 38.5 Å². The second-order valence-electron chi connectivity index (χ2n) is 18.8. The lowest BCUT2D eigenvalue weighted by Gasteiger charge is -2.40. The summed E-state index contributed by atoms with van der Waals surface area (Å²) in [6.07, 6.45) is 42.7. The summed E-state index contributed by atoms with van der Waals surface area (Å²) in [7, 11) is 0. The second-order valence-corrected chi connectivity index (χ2v) is 18.8. The molecule has 0 radical (unpaired) electrons. The van der Waals surface area contributed by atoms with Crippen LogP contribution in [0.3, 0.4) is 0 Å². The number of aliphatic hydroxyl groups is 6. The molecular formula is C53H101NO9. The van der Waals surface area contributed by atoms with Crippen LogP contribution >= 0.6 is 0 Å². The van der Waals surface area contributed by atoms with Gasteiger partial charge in [0, 0.05) is 0 Å². The van der Waals surface area contributed by atoms with E-state index in [2.05, 4.69) is 31.3 Å². The van der Waals surface area contributed by atoms with Crippen LogP contribution in [-0.2, 0) is 14.3 Å². The van der Waals surface area contributed by atoms with Crippen molar-refractivity contribution in [3.8, 4) is 0 Å². The molecule has 0 saturated carbocycles. The molecule has 1 saturated heterocycles. The van der Waals surface area contributed by atoms with Gasteiger partial charge in [-0.15, -0.1) is 0 Å². The molecule has 1 aliphatic rings. The van der Waals surface area contributed by atoms with E-state index in [1.165, 1.54) is 180 Å². The summed E-state index contributed by atoms with van der Waals surface area (Å²) in [6, 6.07) is -0.979. The molecule has 1 fully saturated rings. The average Bonchev–Trinajstić information content (AvgIpc) is 3.28. The van der Waals surface area contributed by atoms with Gasteiger partial charge in [0.2, 0.25) is 5.91 Å². The van der Waals surface area contributed by atoms with Crippen LogP contribution in [0.5, 0.6) is 0 Å². The van der Waals surface area contributed by atoms with Crippen LogP contribution < -0.4 is 5.32 Å². The summed E-state index contributed by atoms with van der Waals surface area (Å²) >= 11 is 0. The summed E-state index contributed by atoms with van der Waals surface area (Å²) in [5.74, 6) is -0.617. The van der Waals surface area contributed by atoms with E-state index in [4.69, 9.17) is 9.47 Å². The Labute approximate surface area is 386 Å². The first-order valence-electron chi connectivity index (χ1n) is 26.7. The highest BCUT2D eigenvalue weighted by atomic mass is 16.7. The molecule has 0 aromatic heterocycles. The number of carbonyl (C=O) groups is 1. The summed E-state index contributed by atoms with van der Waals surface area (Å²) in [6.45, 7) is 3.62. The van der Waals surface area contributed by atoms with E-state index >= 15 is 0 Å². The molecular weight excluding hydrogens is 795 g/mol. The Morgan fingerprint density at radius 3 is 1.33 bits per heavy atom. The van der Waals surface area contributed by atoms with Gasteiger partial charge in [0.05, 0.1) is 25.4 Å². The van der Waals surface area contributed by atoms with Gasteiger partial charge in [-0.25, -0.2) is 0 Å². The van der Waals surface area contributed by atoms with Gasteiger partial charge >= 0.3 is 0 Å². The highest BCUT2D eigenvalue weighted by molar-refractivity contribution is 5.80. The fourth-order valence-corrected chi connectivity index (χ4v) is 8.51. The number of hydrogen-bond acceptors (Lipinski definition) is 9. The van der Waals surface area contributed by atoms with Crippen molar-refractivity contribution in [2.75, 3.05) is 13.2 Å². The molecule has 8 atom stereocenters. The molecule has 1 heterocycles. The number of ether oxygens (including phenoxy) is 2. The minimum absolute atomic E-state index is 0.305. The fraction of sp³-hybridized carbons (Fsp3) is 0.906. The van der Waals surface area contributed by atoms with Gasteiger partial charge in [-0.1, -0.05) is 224 Å². The Kier molecular flexibility index (Phi) is 40.9. The summed E-state index contributed by atoms with van der Waals surface area (Å²) < 4.78 is 11.2. The van der Waals surface area contributed by atoms with Crippen molar-refractivity contribution in [1.29, 1.82) is 0 Å². The smallest absolute Gasteiger partial charge is 0.249 e. The summed E-state index contributed by atoms with van der Waals surface area (Å²) in [5.41, 5.74) is 0. The standard InChI is InChI=1S/C53H101NO9/c1-3-5-7-9-11-13-15-17-19-20-21-22-23-24-25-26-27-28-30-32-34-36-38-40-42-47(57)52(61)54-45(44-62-53-51(60)50(59)49(58)48(43-55)63-53)46(56)41-39-37-35-33-31-29-18-16-14-12-10-8-6-4-2/h24-25,39,41,45-51,53,55-60H,3-23,26-38,40,42-44H2,1-2H3,(H,54,61)/b25-24-,41-39+. The van der Waals surface area contributed by atoms with E-state index in [1.54, 1.807) is 6.08 Å². The first-order chi connectivity index (χ1) is 30.8. The van der Waals surface area contributed by atoms with Crippen LogP contribution in [0.4, 0.5) is 0 Å². The quantitative estimate of drug-likeness (QED) is 0.0232. The van der Waals surface area contributed by atoms with Gasteiger partial charge in [0.25, 0.3) is 0 Å². The molecule has 1 amide bonds. The van der Waals surface area contributed by atoms with Crippen molar-refractivity contribution in [3.63, 3.8) is 0 Å². The number of hydrogen-bond donors (Lipinski definition) is 7. The topological polar surface area (TPSA) is 169 Å². The van der Waals surface area contributed by atoms with Crippen LogP contribution in [0.15, 0.2) is 24.3 Å². The van der Waals surface area contributed by atoms with Crippen LogP contribution in [-0.4, -0.2) is 98.7 Å². The second kappa shape index (κ2) is 43.2. The van der Waals surface area contributed by atoms with Crippen molar-refractivity contribution in [3.05, 3.63) is 24.3 Å². The Bertz CT molecular complexity index is 1060. The lowest BCUT2D eigenvalue weighted by Crippen LogP contribution is -2.60. The van der Waals surface area contributed by atoms with E-state index in [1.807, 2.05) is 6.08 Å². The van der Waals surface area contributed by atoms with E-state index in [-0.39, 0.29) is 6.61 Å². The van der Waals surface area contributed by atoms with Crippen LogP contribution in [0.25, 0.3) is 0 Å². The highest BCUT2D eigenvalue weighted by Gasteiger charge is 2.44. The molecule has 0 aromatic rings. The maximum atomic E-state index is 13.1. The zero-order valence-electron chi connectivity index (χ0n) is 40.7. The maximum Gasteiger partial charge on any atom is 0.249 e. The van der Waals surface area contributed by atoms with Crippen molar-refractivity contribution in [2.45, 2.75) is 294 Å². The molecule has 63 heavy (non-hydrogen) atoms. The Morgan fingerprint density at radius 2 is 0.921 bits per heavy atom. The monoisotopic (exact) mass is 896 g/mol. The number of nitrogens with one attached hydrogen (secondary N) is 1. The predicted octanol–water partition coefficient (Wildman–Crippen LogP) is 11.2. The average molecular weight is 896 g/mol. The third kappa shape index (κ3) is 32.9. The lowest BCUT2D eigenvalue weighted by atomic mass is 9.99. The van der Waals surface area contributed by atoms with Crippen molar-refractivity contribution in [1.82, 2.24) is 5.32 Å². The number of rotatable bonds is 45. The number of carbonyl (C=O) groups excluding carboxylic acids is 1. The van der Waals surface area contributed by atoms with Gasteiger partial charge in [0.1, 0.15) is 30.5 Å². The maximum absolute atomic E-state index is 13.1. The molecule has 0 aliphatic carbocycles. The van der Waals surface area contributed by atoms with Gasteiger partial charge in [0.15, 0.2) is 6.29 Å². The Morgan fingerprint density at radius 1 is 0.540 bits per heavy atom. The molecule has 7 N–H and O–H groups in total. The van der Waals surface area contributed by atoms with Gasteiger partial charge < -0.3 is 45.4 Å². The molecule has 0 aromatic carbocycles. The van der Waals surface area contributed by atoms with Gasteiger partial charge in [-0.2, -0.15) is 0 Å². The van der Waals surface area contributed by atoms with Crippen LogP contribution in [0.1, 0.15) is 245 Å². The first kappa shape index (κ1) is 59.6. The fourth-order valence-electron chi connectivity index (χ4n) is 8.51. The van der Waals surface area contributed by atoms with Crippen molar-refractivity contribution < 1.29 is 44.9 Å². The van der Waals surface area contributed by atoms with E-state index in [0.29, 0.717) is 12.8 Å². The number of unbranched alkanes of at least 4 members (excludes halogenated alkanes) is 32. The zero-order chi connectivity index (χ0) is 46.0. The van der Waals surface area contributed by atoms with Gasteiger partial charge in [-0.3, -0.25) is 4.79 Å². The van der Waals surface area contributed by atoms with Crippen LogP contribution in [0.2, 0.25) is 0 Å². The summed E-state index contributed by atoms with van der Waals surface area (Å²) in [4.78, 5) is 13.1. The molecule has 0 spiro atoms. The van der Waals surface area contributed by atoms with E-state index in [9.17, 15) is 35.4 Å². The number of allylic oxidation sites excluding steroid dienone is 3. The van der Waals surface area contributed by atoms with Crippen molar-refractivity contribution >= 4 is 5.91 Å². The SMILES string of the molecule is CCCCCCCCCCCCCC/C=C\CCCCCCCCCCC(O)C(=O)NC(COC1OC(CO)C(O)C(O)C1O)C(O)/C=C/CCCCCCCCCCCCCC. The predicted molar refractivity (Wildman–Crippen MR) is 260 cm³/mol. The Balaban J connectivity index is 2.29. The molecule has 372 valence electrons. The largest absolute Gasteiger partial charge is 0.394 e.